The molecule has 0 bridgehead atoms. The van der Waals surface area contributed by atoms with Crippen LogP contribution >= 0.6 is 7.92 Å². The molecular formula is C29H50N3OP. The van der Waals surface area contributed by atoms with Crippen molar-refractivity contribution in [3.63, 3.8) is 0 Å². The summed E-state index contributed by atoms with van der Waals surface area (Å²) in [6.07, 6.45) is 29.6. The third-order valence-corrected chi connectivity index (χ3v) is 12.9. The average molecular weight is 488 g/mol. The fourth-order valence-corrected chi connectivity index (χ4v) is 11.9. The van der Waals surface area contributed by atoms with Crippen molar-refractivity contribution >= 4 is 19.6 Å². The van der Waals surface area contributed by atoms with Crippen molar-refractivity contribution in [1.29, 1.82) is 0 Å². The lowest BCUT2D eigenvalue weighted by Crippen LogP contribution is -2.31. The van der Waals surface area contributed by atoms with Crippen molar-refractivity contribution in [3.8, 4) is 0 Å². The zero-order chi connectivity index (χ0) is 23.8. The maximum Gasteiger partial charge on any atom is 0.204 e. The first-order valence-electron chi connectivity index (χ1n) is 14.7. The van der Waals surface area contributed by atoms with Crippen LogP contribution in [0.1, 0.15) is 152 Å². The molecule has 2 N–H and O–H groups in total. The number of primary amides is 1. The number of aryl methyl sites for hydroxylation is 1. The molecule has 0 saturated heterocycles. The van der Waals surface area contributed by atoms with E-state index >= 15 is 0 Å². The van der Waals surface area contributed by atoms with E-state index in [2.05, 4.69) is 17.5 Å². The molecule has 1 aromatic rings. The quantitative estimate of drug-likeness (QED) is 0.348. The summed E-state index contributed by atoms with van der Waals surface area (Å²) in [5, 5.41) is 7.37. The van der Waals surface area contributed by atoms with Gasteiger partial charge >= 0.3 is 0 Å². The summed E-state index contributed by atoms with van der Waals surface area (Å²) in [5.41, 5.74) is 9.55. The Morgan fingerprint density at radius 1 is 0.706 bits per heavy atom. The number of amides is 1. The Hall–Kier alpha value is -0.890. The third kappa shape index (κ3) is 6.26. The van der Waals surface area contributed by atoms with Crippen molar-refractivity contribution in [1.82, 2.24) is 9.78 Å². The molecule has 4 aliphatic rings. The van der Waals surface area contributed by atoms with Gasteiger partial charge < -0.3 is 5.73 Å². The van der Waals surface area contributed by atoms with Gasteiger partial charge in [-0.2, -0.15) is 5.10 Å². The molecule has 34 heavy (non-hydrogen) atoms. The molecule has 0 unspecified atom stereocenters. The molecule has 0 atom stereocenters. The number of hydrogen-bond acceptors (Lipinski definition) is 2. The summed E-state index contributed by atoms with van der Waals surface area (Å²) in [6, 6.07) is 0. The minimum atomic E-state index is -0.0458. The molecular weight excluding hydrogens is 437 g/mol. The fourth-order valence-electron chi connectivity index (χ4n) is 7.68. The maximum atomic E-state index is 8.58. The third-order valence-electron chi connectivity index (χ3n) is 9.27. The lowest BCUT2D eigenvalue weighted by atomic mass is 9.84. The van der Waals surface area contributed by atoms with Gasteiger partial charge in [-0.3, -0.25) is 9.48 Å². The highest BCUT2D eigenvalue weighted by Gasteiger charge is 2.40. The van der Waals surface area contributed by atoms with Gasteiger partial charge in [-0.25, -0.2) is 0 Å². The van der Waals surface area contributed by atoms with Crippen LogP contribution in [0.2, 0.25) is 0 Å². The number of nitrogens with two attached hydrogens (primary N) is 1. The summed E-state index contributed by atoms with van der Waals surface area (Å²) in [5.74, 6) is 1.57. The Bertz CT molecular complexity index is 721. The highest BCUT2D eigenvalue weighted by molar-refractivity contribution is 7.67. The van der Waals surface area contributed by atoms with E-state index in [0.29, 0.717) is 0 Å². The standard InChI is InChI=1S/C28H47N2P.CH3NO/c1-30-27(23-16-8-3-9-17-23)28(26(29-30)22-14-6-2-7-15-22)31(24-18-10-4-11-19-24)25-20-12-5-13-21-25;2-1-3/h22-25H,2-21H2,1H3;1H,(H2,2,3). The smallest absolute Gasteiger partial charge is 0.204 e. The lowest BCUT2D eigenvalue weighted by Gasteiger charge is -2.40. The Balaban J connectivity index is 0.000000868. The number of rotatable bonds is 5. The molecule has 0 aromatic carbocycles. The number of carbonyl (C=O) groups is 1. The first-order valence-corrected chi connectivity index (χ1v) is 16.2. The molecule has 5 rings (SSSR count). The zero-order valence-corrected chi connectivity index (χ0v) is 22.8. The average Bonchev–Trinajstić information content (AvgIpc) is 3.23. The minimum Gasteiger partial charge on any atom is -0.372 e. The lowest BCUT2D eigenvalue weighted by molar-refractivity contribution is -0.106. The van der Waals surface area contributed by atoms with Gasteiger partial charge in [-0.1, -0.05) is 85.0 Å². The van der Waals surface area contributed by atoms with Crippen molar-refractivity contribution in [2.45, 2.75) is 152 Å². The largest absolute Gasteiger partial charge is 0.372 e. The van der Waals surface area contributed by atoms with E-state index in [-0.39, 0.29) is 14.3 Å². The molecule has 4 aliphatic carbocycles. The first kappa shape index (κ1) is 26.2. The van der Waals surface area contributed by atoms with Crippen molar-refractivity contribution in [2.24, 2.45) is 12.8 Å². The van der Waals surface area contributed by atoms with Gasteiger partial charge in [0.1, 0.15) is 0 Å². The van der Waals surface area contributed by atoms with Gasteiger partial charge in [-0.05, 0) is 62.7 Å². The first-order chi connectivity index (χ1) is 16.7. The van der Waals surface area contributed by atoms with Crippen LogP contribution in [0.5, 0.6) is 0 Å². The molecule has 0 radical (unpaired) electrons. The van der Waals surface area contributed by atoms with E-state index in [9.17, 15) is 0 Å². The summed E-state index contributed by atoms with van der Waals surface area (Å²) >= 11 is 0. The molecule has 4 nitrogen and oxygen atoms in total. The highest BCUT2D eigenvalue weighted by atomic mass is 31.1. The van der Waals surface area contributed by atoms with Crippen LogP contribution in [0.3, 0.4) is 0 Å². The van der Waals surface area contributed by atoms with Crippen molar-refractivity contribution in [3.05, 3.63) is 11.4 Å². The zero-order valence-electron chi connectivity index (χ0n) is 21.9. The van der Waals surface area contributed by atoms with Gasteiger partial charge in [0, 0.05) is 29.9 Å². The van der Waals surface area contributed by atoms with Gasteiger partial charge in [0.15, 0.2) is 0 Å². The molecule has 1 aromatic heterocycles. The Labute approximate surface area is 210 Å². The monoisotopic (exact) mass is 487 g/mol. The molecule has 4 saturated carbocycles. The maximum absolute atomic E-state index is 8.58. The Morgan fingerprint density at radius 3 is 1.53 bits per heavy atom. The molecule has 0 spiro atoms. The summed E-state index contributed by atoms with van der Waals surface area (Å²) < 4.78 is 2.44. The Morgan fingerprint density at radius 2 is 1.09 bits per heavy atom. The molecule has 1 amide bonds. The number of carbonyl (C=O) groups excluding carboxylic acids is 1. The number of nitrogens with zero attached hydrogens (tertiary/aromatic N) is 2. The van der Waals surface area contributed by atoms with Gasteiger partial charge in [-0.15, -0.1) is 0 Å². The van der Waals surface area contributed by atoms with Crippen LogP contribution in [0.25, 0.3) is 0 Å². The topological polar surface area (TPSA) is 60.9 Å². The Kier molecular flexibility index (Phi) is 10.3. The number of hydrogen-bond donors (Lipinski definition) is 1. The fraction of sp³-hybridized carbons (Fsp3) is 0.862. The van der Waals surface area contributed by atoms with Crippen molar-refractivity contribution in [2.75, 3.05) is 0 Å². The van der Waals surface area contributed by atoms with E-state index < -0.39 is 0 Å². The molecule has 192 valence electrons. The second kappa shape index (κ2) is 13.4. The van der Waals surface area contributed by atoms with Gasteiger partial charge in [0.25, 0.3) is 0 Å². The van der Waals surface area contributed by atoms with E-state index in [4.69, 9.17) is 9.89 Å². The summed E-state index contributed by atoms with van der Waals surface area (Å²) in [6.45, 7) is 0. The van der Waals surface area contributed by atoms with Gasteiger partial charge in [0.05, 0.1) is 5.69 Å². The number of aromatic nitrogens is 2. The van der Waals surface area contributed by atoms with Crippen LogP contribution in [-0.4, -0.2) is 27.5 Å². The van der Waals surface area contributed by atoms with Crippen LogP contribution in [0.15, 0.2) is 0 Å². The van der Waals surface area contributed by atoms with Crippen LogP contribution < -0.4 is 11.0 Å². The predicted octanol–water partition coefficient (Wildman–Crippen LogP) is 7.39. The van der Waals surface area contributed by atoms with E-state index in [1.54, 1.807) is 11.4 Å². The molecule has 4 fully saturated rings. The summed E-state index contributed by atoms with van der Waals surface area (Å²) in [7, 11) is 2.28. The van der Waals surface area contributed by atoms with Crippen molar-refractivity contribution < 1.29 is 4.79 Å². The summed E-state index contributed by atoms with van der Waals surface area (Å²) in [4.78, 5) is 8.58. The second-order valence-electron chi connectivity index (χ2n) is 11.5. The van der Waals surface area contributed by atoms with Crippen LogP contribution in [0.4, 0.5) is 0 Å². The van der Waals surface area contributed by atoms with Crippen LogP contribution in [-0.2, 0) is 11.8 Å². The molecule has 0 aliphatic heterocycles. The molecule has 1 heterocycles. The minimum absolute atomic E-state index is 0.0458. The van der Waals surface area contributed by atoms with E-state index in [1.807, 2.05) is 5.30 Å². The van der Waals surface area contributed by atoms with E-state index in [1.165, 1.54) is 128 Å². The van der Waals surface area contributed by atoms with E-state index in [0.717, 1.165) is 23.2 Å². The normalized spacial score (nSPS) is 24.1. The second-order valence-corrected chi connectivity index (χ2v) is 14.3. The SMILES string of the molecule is Cn1nc(C2CCCCC2)c(P(C2CCCCC2)C2CCCCC2)c1C1CCCCC1.NC=O. The molecule has 5 heteroatoms. The van der Waals surface area contributed by atoms with Crippen LogP contribution in [0, 0.1) is 0 Å². The highest BCUT2D eigenvalue weighted by Crippen LogP contribution is 2.57. The van der Waals surface area contributed by atoms with Gasteiger partial charge in [0.2, 0.25) is 6.41 Å². The predicted molar refractivity (Wildman–Crippen MR) is 145 cm³/mol.